The first kappa shape index (κ1) is 18.9. The summed E-state index contributed by atoms with van der Waals surface area (Å²) in [6.07, 6.45) is 4.61. The second-order valence-electron chi connectivity index (χ2n) is 6.06. The molecule has 2 heterocycles. The molecule has 1 unspecified atom stereocenters. The summed E-state index contributed by atoms with van der Waals surface area (Å²) < 4.78 is 28.6. The SMILES string of the molecule is CC(N)C1CCN(S(=O)(=O)c2cnn(-c3ccccc3)c2)CC1.Cl. The maximum Gasteiger partial charge on any atom is 0.246 e. The summed E-state index contributed by atoms with van der Waals surface area (Å²) >= 11 is 0. The van der Waals surface area contributed by atoms with Crippen LogP contribution < -0.4 is 5.73 Å². The van der Waals surface area contributed by atoms with Gasteiger partial charge >= 0.3 is 0 Å². The number of aromatic nitrogens is 2. The van der Waals surface area contributed by atoms with Crippen LogP contribution in [-0.4, -0.2) is 41.6 Å². The smallest absolute Gasteiger partial charge is 0.246 e. The van der Waals surface area contributed by atoms with E-state index in [9.17, 15) is 8.42 Å². The highest BCUT2D eigenvalue weighted by molar-refractivity contribution is 7.89. The van der Waals surface area contributed by atoms with Gasteiger partial charge in [0.2, 0.25) is 10.0 Å². The first-order chi connectivity index (χ1) is 11.0. The zero-order valence-corrected chi connectivity index (χ0v) is 15.2. The van der Waals surface area contributed by atoms with Crippen molar-refractivity contribution in [1.29, 1.82) is 0 Å². The Kier molecular flexibility index (Phi) is 6.03. The Hall–Kier alpha value is -1.41. The molecule has 1 aromatic heterocycles. The molecular weight excluding hydrogens is 348 g/mol. The third-order valence-corrected chi connectivity index (χ3v) is 6.31. The van der Waals surface area contributed by atoms with Gasteiger partial charge in [-0.3, -0.25) is 0 Å². The van der Waals surface area contributed by atoms with Crippen LogP contribution in [-0.2, 0) is 10.0 Å². The second kappa shape index (κ2) is 7.65. The molecule has 0 radical (unpaired) electrons. The van der Waals surface area contributed by atoms with Gasteiger partial charge in [-0.2, -0.15) is 9.40 Å². The van der Waals surface area contributed by atoms with Crippen molar-refractivity contribution >= 4 is 22.4 Å². The molecule has 0 aliphatic carbocycles. The molecule has 2 N–H and O–H groups in total. The molecule has 0 spiro atoms. The van der Waals surface area contributed by atoms with Gasteiger partial charge in [-0.15, -0.1) is 12.4 Å². The van der Waals surface area contributed by atoms with E-state index in [-0.39, 0.29) is 23.3 Å². The molecule has 1 atom stereocenters. The van der Waals surface area contributed by atoms with Gasteiger partial charge in [0, 0.05) is 19.1 Å². The van der Waals surface area contributed by atoms with E-state index in [1.54, 1.807) is 10.9 Å². The minimum atomic E-state index is -3.49. The zero-order valence-electron chi connectivity index (χ0n) is 13.6. The Labute approximate surface area is 149 Å². The Bertz CT molecular complexity index is 753. The Morgan fingerprint density at radius 2 is 1.83 bits per heavy atom. The molecule has 24 heavy (non-hydrogen) atoms. The monoisotopic (exact) mass is 370 g/mol. The largest absolute Gasteiger partial charge is 0.328 e. The average Bonchev–Trinajstić information content (AvgIpc) is 3.06. The molecule has 3 rings (SSSR count). The highest BCUT2D eigenvalue weighted by Gasteiger charge is 2.31. The Morgan fingerprint density at radius 3 is 2.42 bits per heavy atom. The number of halogens is 1. The predicted molar refractivity (Wildman–Crippen MR) is 95.9 cm³/mol. The fourth-order valence-corrected chi connectivity index (χ4v) is 4.36. The lowest BCUT2D eigenvalue weighted by Gasteiger charge is -2.32. The normalized spacial score (nSPS) is 18.1. The number of nitrogens with zero attached hydrogens (tertiary/aromatic N) is 3. The van der Waals surface area contributed by atoms with Gasteiger partial charge < -0.3 is 5.73 Å². The first-order valence-electron chi connectivity index (χ1n) is 7.84. The Balaban J connectivity index is 0.00000208. The van der Waals surface area contributed by atoms with Crippen molar-refractivity contribution in [2.75, 3.05) is 13.1 Å². The number of hydrogen-bond acceptors (Lipinski definition) is 4. The number of para-hydroxylation sites is 1. The summed E-state index contributed by atoms with van der Waals surface area (Å²) in [7, 11) is -3.49. The molecule has 2 aromatic rings. The van der Waals surface area contributed by atoms with E-state index in [0.717, 1.165) is 18.5 Å². The van der Waals surface area contributed by atoms with Crippen LogP contribution in [0.25, 0.3) is 5.69 Å². The first-order valence-corrected chi connectivity index (χ1v) is 9.28. The van der Waals surface area contributed by atoms with E-state index in [0.29, 0.717) is 19.0 Å². The quantitative estimate of drug-likeness (QED) is 0.892. The maximum atomic E-state index is 12.7. The lowest BCUT2D eigenvalue weighted by molar-refractivity contribution is 0.250. The summed E-state index contributed by atoms with van der Waals surface area (Å²) in [6.45, 7) is 3.02. The number of nitrogens with two attached hydrogens (primary N) is 1. The van der Waals surface area contributed by atoms with Crippen molar-refractivity contribution < 1.29 is 8.42 Å². The van der Waals surface area contributed by atoms with Crippen molar-refractivity contribution in [3.63, 3.8) is 0 Å². The predicted octanol–water partition coefficient (Wildman–Crippen LogP) is 2.04. The minimum absolute atomic E-state index is 0. The van der Waals surface area contributed by atoms with Gasteiger partial charge in [0.1, 0.15) is 4.90 Å². The van der Waals surface area contributed by atoms with Crippen LogP contribution in [0.4, 0.5) is 0 Å². The van der Waals surface area contributed by atoms with Crippen molar-refractivity contribution in [2.24, 2.45) is 11.7 Å². The van der Waals surface area contributed by atoms with E-state index in [2.05, 4.69) is 5.10 Å². The molecule has 1 aliphatic rings. The van der Waals surface area contributed by atoms with Gasteiger partial charge in [-0.05, 0) is 37.8 Å². The number of sulfonamides is 1. The number of piperidine rings is 1. The van der Waals surface area contributed by atoms with E-state index in [1.165, 1.54) is 10.5 Å². The summed E-state index contributed by atoms with van der Waals surface area (Å²) in [4.78, 5) is 0.237. The fraction of sp³-hybridized carbons (Fsp3) is 0.438. The topological polar surface area (TPSA) is 81.2 Å². The van der Waals surface area contributed by atoms with Crippen molar-refractivity contribution in [3.05, 3.63) is 42.7 Å². The molecule has 132 valence electrons. The molecule has 1 aromatic carbocycles. The summed E-state index contributed by atoms with van der Waals surface area (Å²) in [5.74, 6) is 0.397. The van der Waals surface area contributed by atoms with Crippen LogP contribution in [0.2, 0.25) is 0 Å². The zero-order chi connectivity index (χ0) is 16.4. The van der Waals surface area contributed by atoms with Crippen LogP contribution in [0.5, 0.6) is 0 Å². The molecule has 8 heteroatoms. The van der Waals surface area contributed by atoms with Crippen LogP contribution in [0.3, 0.4) is 0 Å². The third-order valence-electron chi connectivity index (χ3n) is 4.46. The van der Waals surface area contributed by atoms with Gasteiger partial charge in [0.25, 0.3) is 0 Å². The molecule has 0 saturated carbocycles. The third kappa shape index (κ3) is 3.80. The van der Waals surface area contributed by atoms with Gasteiger partial charge in [-0.1, -0.05) is 18.2 Å². The van der Waals surface area contributed by atoms with E-state index >= 15 is 0 Å². The second-order valence-corrected chi connectivity index (χ2v) is 7.99. The molecule has 6 nitrogen and oxygen atoms in total. The van der Waals surface area contributed by atoms with Crippen LogP contribution in [0.15, 0.2) is 47.6 Å². The van der Waals surface area contributed by atoms with Crippen molar-refractivity contribution in [1.82, 2.24) is 14.1 Å². The van der Waals surface area contributed by atoms with Gasteiger partial charge in [0.05, 0.1) is 18.1 Å². The summed E-state index contributed by atoms with van der Waals surface area (Å²) in [5, 5.41) is 4.18. The van der Waals surface area contributed by atoms with Crippen LogP contribution >= 0.6 is 12.4 Å². The standard InChI is InChI=1S/C16H22N4O2S.ClH/c1-13(17)14-7-9-19(10-8-14)23(21,22)16-11-18-20(12-16)15-5-3-2-4-6-15;/h2-6,11-14H,7-10,17H2,1H3;1H. The summed E-state index contributed by atoms with van der Waals surface area (Å²) in [6, 6.07) is 9.58. The Morgan fingerprint density at radius 1 is 1.21 bits per heavy atom. The lowest BCUT2D eigenvalue weighted by Crippen LogP contribution is -2.42. The number of hydrogen-bond donors (Lipinski definition) is 1. The highest BCUT2D eigenvalue weighted by Crippen LogP contribution is 2.25. The lowest BCUT2D eigenvalue weighted by atomic mass is 9.92. The van der Waals surface area contributed by atoms with E-state index in [4.69, 9.17) is 5.73 Å². The molecule has 0 amide bonds. The minimum Gasteiger partial charge on any atom is -0.328 e. The molecule has 1 fully saturated rings. The fourth-order valence-electron chi connectivity index (χ4n) is 2.95. The summed E-state index contributed by atoms with van der Waals surface area (Å²) in [5.41, 5.74) is 6.76. The number of benzene rings is 1. The maximum absolute atomic E-state index is 12.7. The van der Waals surface area contributed by atoms with E-state index < -0.39 is 10.0 Å². The van der Waals surface area contributed by atoms with Gasteiger partial charge in [-0.25, -0.2) is 13.1 Å². The molecular formula is C16H23ClN4O2S. The molecule has 0 bridgehead atoms. The molecule has 1 aliphatic heterocycles. The van der Waals surface area contributed by atoms with Crippen molar-refractivity contribution in [3.8, 4) is 5.69 Å². The highest BCUT2D eigenvalue weighted by atomic mass is 35.5. The van der Waals surface area contributed by atoms with Gasteiger partial charge in [0.15, 0.2) is 0 Å². The van der Waals surface area contributed by atoms with Crippen LogP contribution in [0.1, 0.15) is 19.8 Å². The number of rotatable bonds is 4. The van der Waals surface area contributed by atoms with Crippen molar-refractivity contribution in [2.45, 2.75) is 30.7 Å². The molecule has 1 saturated heterocycles. The van der Waals surface area contributed by atoms with Crippen LogP contribution in [0, 0.1) is 5.92 Å². The van der Waals surface area contributed by atoms with E-state index in [1.807, 2.05) is 37.3 Å². The average molecular weight is 371 g/mol.